The number of carboxylic acids is 1. The minimum atomic E-state index is -1.21. The van der Waals surface area contributed by atoms with Gasteiger partial charge in [-0.15, -0.1) is 40.2 Å². The predicted molar refractivity (Wildman–Crippen MR) is 107 cm³/mol. The molecule has 0 spiro atoms. The molecule has 1 saturated heterocycles. The van der Waals surface area contributed by atoms with E-state index in [9.17, 15) is 19.5 Å². The van der Waals surface area contributed by atoms with Crippen LogP contribution in [0.3, 0.4) is 0 Å². The first-order valence-electron chi connectivity index (χ1n) is 8.03. The number of thioether (sulfide) groups is 3. The van der Waals surface area contributed by atoms with Crippen LogP contribution in [0.4, 0.5) is 0 Å². The second-order valence-electron chi connectivity index (χ2n) is 5.81. The number of alkyl halides is 1. The number of nitrogens with zero attached hydrogens (tertiary/aromatic N) is 6. The molecular formula is C14H14ClN7O4S3. The van der Waals surface area contributed by atoms with Crippen molar-refractivity contribution in [3.8, 4) is 6.07 Å². The fourth-order valence-corrected chi connectivity index (χ4v) is 5.72. The summed E-state index contributed by atoms with van der Waals surface area (Å²) in [6, 6.07) is 1.01. The van der Waals surface area contributed by atoms with Gasteiger partial charge in [0.25, 0.3) is 5.91 Å². The summed E-state index contributed by atoms with van der Waals surface area (Å²) in [5, 5.41) is 31.9. The first kappa shape index (κ1) is 21.8. The number of carbonyl (C=O) groups is 3. The van der Waals surface area contributed by atoms with Crippen LogP contribution in [0.1, 0.15) is 0 Å². The van der Waals surface area contributed by atoms with Gasteiger partial charge in [-0.2, -0.15) is 5.26 Å². The number of rotatable bonds is 8. The van der Waals surface area contributed by atoms with Gasteiger partial charge in [-0.05, 0) is 16.0 Å². The predicted octanol–water partition coefficient (Wildman–Crippen LogP) is -0.138. The second-order valence-corrected chi connectivity index (χ2v) is 9.65. The summed E-state index contributed by atoms with van der Waals surface area (Å²) in [6.07, 6.45) is 0. The number of hydrogen-bond donors (Lipinski definition) is 2. The second kappa shape index (κ2) is 9.24. The molecule has 3 atom stereocenters. The molecule has 2 unspecified atom stereocenters. The number of aryl methyl sites for hydroxylation is 1. The Morgan fingerprint density at radius 1 is 1.55 bits per heavy atom. The quantitative estimate of drug-likeness (QED) is 0.293. The Labute approximate surface area is 182 Å². The van der Waals surface area contributed by atoms with E-state index in [2.05, 4.69) is 20.8 Å². The maximum atomic E-state index is 12.6. The molecule has 2 aliphatic heterocycles. The highest BCUT2D eigenvalue weighted by atomic mass is 35.5. The van der Waals surface area contributed by atoms with E-state index in [1.165, 1.54) is 33.1 Å². The van der Waals surface area contributed by atoms with Crippen LogP contribution in [-0.2, 0) is 21.4 Å². The van der Waals surface area contributed by atoms with Crippen LogP contribution in [0.25, 0.3) is 0 Å². The maximum Gasteiger partial charge on any atom is 0.352 e. The molecule has 2 aliphatic rings. The first-order chi connectivity index (χ1) is 13.8. The van der Waals surface area contributed by atoms with E-state index in [0.717, 1.165) is 11.8 Å². The maximum absolute atomic E-state index is 12.6. The van der Waals surface area contributed by atoms with Crippen molar-refractivity contribution in [1.82, 2.24) is 30.4 Å². The van der Waals surface area contributed by atoms with Crippen LogP contribution in [0, 0.1) is 11.3 Å². The lowest BCUT2D eigenvalue weighted by molar-refractivity contribution is -0.150. The van der Waals surface area contributed by atoms with Gasteiger partial charge >= 0.3 is 5.97 Å². The largest absolute Gasteiger partial charge is 0.477 e. The standard InChI is InChI=1S/C14H14ClN7O4S3/c1-21-14(18-19-20-21)29-5-6-4-28-12-7(11(24)22(12)8(6)13(25)26)17-10(23)9(15)27-3-2-16/h7,9,12H,3-5H2,1H3,(H,17,23)(H,25,26)/t7?,9?,12-/m1/s1. The van der Waals surface area contributed by atoms with Gasteiger partial charge in [0, 0.05) is 18.6 Å². The highest BCUT2D eigenvalue weighted by Crippen LogP contribution is 2.41. The zero-order chi connectivity index (χ0) is 21.1. The summed E-state index contributed by atoms with van der Waals surface area (Å²) in [7, 11) is 1.67. The normalized spacial score (nSPS) is 21.8. The molecule has 29 heavy (non-hydrogen) atoms. The molecule has 0 saturated carbocycles. The van der Waals surface area contributed by atoms with E-state index >= 15 is 0 Å². The lowest BCUT2D eigenvalue weighted by Crippen LogP contribution is -2.71. The topological polar surface area (TPSA) is 154 Å². The lowest BCUT2D eigenvalue weighted by Gasteiger charge is -2.49. The summed E-state index contributed by atoms with van der Waals surface area (Å²) in [5.74, 6) is -1.57. The Kier molecular flexibility index (Phi) is 6.93. The van der Waals surface area contributed by atoms with Crippen LogP contribution in [0.2, 0.25) is 0 Å². The molecule has 11 nitrogen and oxygen atoms in total. The monoisotopic (exact) mass is 475 g/mol. The first-order valence-corrected chi connectivity index (χ1v) is 11.5. The number of carboxylic acid groups (broad SMARTS) is 1. The summed E-state index contributed by atoms with van der Waals surface area (Å²) < 4.78 is 0.462. The molecule has 0 aromatic carbocycles. The third-order valence-corrected chi connectivity index (χ3v) is 7.82. The average molecular weight is 476 g/mol. The molecule has 0 radical (unpaired) electrons. The fraction of sp³-hybridized carbons (Fsp3) is 0.500. The minimum Gasteiger partial charge on any atom is -0.477 e. The van der Waals surface area contributed by atoms with Crippen LogP contribution < -0.4 is 5.32 Å². The molecule has 15 heteroatoms. The molecular weight excluding hydrogens is 462 g/mol. The number of tetrazole rings is 1. The van der Waals surface area contributed by atoms with Crippen molar-refractivity contribution in [3.63, 3.8) is 0 Å². The van der Waals surface area contributed by atoms with Gasteiger partial charge < -0.3 is 10.4 Å². The summed E-state index contributed by atoms with van der Waals surface area (Å²) in [6.45, 7) is 0. The molecule has 2 amide bonds. The smallest absolute Gasteiger partial charge is 0.352 e. The molecule has 0 aliphatic carbocycles. The van der Waals surface area contributed by atoms with Gasteiger partial charge in [-0.1, -0.05) is 11.8 Å². The van der Waals surface area contributed by atoms with E-state index < -0.39 is 33.9 Å². The van der Waals surface area contributed by atoms with Crippen molar-refractivity contribution in [1.29, 1.82) is 5.26 Å². The molecule has 154 valence electrons. The number of nitrogens with one attached hydrogen (secondary N) is 1. The molecule has 3 rings (SSSR count). The molecule has 2 N–H and O–H groups in total. The Hall–Kier alpha value is -1.95. The minimum absolute atomic E-state index is 0.0401. The summed E-state index contributed by atoms with van der Waals surface area (Å²) in [5.41, 5.74) is 0.498. The molecule has 1 fully saturated rings. The van der Waals surface area contributed by atoms with Crippen molar-refractivity contribution in [2.45, 2.75) is 21.3 Å². The number of hydrogen-bond acceptors (Lipinski definition) is 10. The number of nitriles is 1. The van der Waals surface area contributed by atoms with Crippen LogP contribution in [0.5, 0.6) is 0 Å². The molecule has 1 aromatic heterocycles. The Bertz CT molecular complexity index is 917. The highest BCUT2D eigenvalue weighted by molar-refractivity contribution is 8.02. The Balaban J connectivity index is 1.69. The lowest BCUT2D eigenvalue weighted by atomic mass is 10.0. The van der Waals surface area contributed by atoms with Gasteiger partial charge in [0.1, 0.15) is 17.1 Å². The number of amides is 2. The van der Waals surface area contributed by atoms with E-state index in [0.29, 0.717) is 22.2 Å². The third-order valence-electron chi connectivity index (χ3n) is 4.00. The number of β-lactam (4-membered cyclic amide) rings is 1. The van der Waals surface area contributed by atoms with Crippen LogP contribution in [0.15, 0.2) is 16.4 Å². The van der Waals surface area contributed by atoms with Gasteiger partial charge in [0.2, 0.25) is 11.1 Å². The molecule has 1 aromatic rings. The fourth-order valence-electron chi connectivity index (χ4n) is 2.69. The number of halogens is 1. The van der Waals surface area contributed by atoms with Crippen molar-refractivity contribution in [3.05, 3.63) is 11.3 Å². The third kappa shape index (κ3) is 4.47. The average Bonchev–Trinajstić information content (AvgIpc) is 3.11. The van der Waals surface area contributed by atoms with Crippen molar-refractivity contribution in [2.75, 3.05) is 17.3 Å². The Morgan fingerprint density at radius 2 is 2.31 bits per heavy atom. The zero-order valence-electron chi connectivity index (χ0n) is 14.8. The van der Waals surface area contributed by atoms with Crippen molar-refractivity contribution < 1.29 is 19.5 Å². The SMILES string of the molecule is Cn1nnnc1SCC1=C(C(=O)O)N2C(=O)C(NC(=O)C(Cl)SCC#N)[C@H]2SC1. The van der Waals surface area contributed by atoms with E-state index in [1.807, 2.05) is 6.07 Å². The van der Waals surface area contributed by atoms with Gasteiger partial charge in [-0.3, -0.25) is 14.5 Å². The van der Waals surface area contributed by atoms with Crippen LogP contribution in [-0.4, -0.2) is 81.4 Å². The summed E-state index contributed by atoms with van der Waals surface area (Å²) in [4.78, 5) is 37.7. The number of aromatic nitrogens is 4. The van der Waals surface area contributed by atoms with Crippen molar-refractivity contribution >= 4 is 64.7 Å². The van der Waals surface area contributed by atoms with E-state index in [1.54, 1.807) is 7.05 Å². The van der Waals surface area contributed by atoms with Gasteiger partial charge in [0.15, 0.2) is 4.71 Å². The highest BCUT2D eigenvalue weighted by Gasteiger charge is 2.54. The zero-order valence-corrected chi connectivity index (χ0v) is 18.0. The Morgan fingerprint density at radius 3 is 2.93 bits per heavy atom. The molecule has 3 heterocycles. The van der Waals surface area contributed by atoms with E-state index in [4.69, 9.17) is 16.9 Å². The number of aliphatic carboxylic acids is 1. The molecule has 0 bridgehead atoms. The van der Waals surface area contributed by atoms with E-state index in [-0.39, 0.29) is 11.4 Å². The van der Waals surface area contributed by atoms with Crippen LogP contribution >= 0.6 is 46.9 Å². The van der Waals surface area contributed by atoms with Gasteiger partial charge in [0.05, 0.1) is 11.8 Å². The number of fused-ring (bicyclic) bond motifs is 1. The summed E-state index contributed by atoms with van der Waals surface area (Å²) >= 11 is 9.48. The number of carbonyl (C=O) groups excluding carboxylic acids is 2. The van der Waals surface area contributed by atoms with Crippen molar-refractivity contribution in [2.24, 2.45) is 7.05 Å². The van der Waals surface area contributed by atoms with Gasteiger partial charge in [-0.25, -0.2) is 9.48 Å².